The predicted octanol–water partition coefficient (Wildman–Crippen LogP) is 17.4. The minimum Gasteiger partial charge on any atom is -0.380 e. The van der Waals surface area contributed by atoms with Gasteiger partial charge in [0.1, 0.15) is 0 Å². The Hall–Kier alpha value is -5.48. The van der Waals surface area contributed by atoms with Gasteiger partial charge < -0.3 is 37.2 Å². The summed E-state index contributed by atoms with van der Waals surface area (Å²) < 4.78 is 88.3. The zero-order valence-corrected chi connectivity index (χ0v) is 56.0. The Balaban J connectivity index is 1.04. The molecule has 0 aliphatic heterocycles. The molecular weight excluding hydrogens is 1180 g/mol. The van der Waals surface area contributed by atoms with Gasteiger partial charge in [-0.2, -0.15) is 0 Å². The maximum Gasteiger partial charge on any atom is 0.0906 e. The SMILES string of the molecule is O=P(CCOCC(COCCP(=O)(CCc1ccccc1)CCc1ccccc1)(COCCP(=O)(CCc1ccccc1)CCc1ccccc1)COCCP(=O)(CCc1ccccc1)CCc1ccccc1)(CCc1ccccc1)CCc1ccccc1. The zero-order valence-electron chi connectivity index (χ0n) is 52.4. The number of hydrogen-bond acceptors (Lipinski definition) is 8. The van der Waals surface area contributed by atoms with E-state index in [1.165, 1.54) is 0 Å². The van der Waals surface area contributed by atoms with Crippen LogP contribution in [0, 0.1) is 5.41 Å². The van der Waals surface area contributed by atoms with Crippen LogP contribution in [0.25, 0.3) is 0 Å². The normalized spacial score (nSPS) is 12.3. The molecule has 0 spiro atoms. The second-order valence-corrected chi connectivity index (χ2v) is 38.3. The van der Waals surface area contributed by atoms with Crippen LogP contribution in [0.1, 0.15) is 44.5 Å². The fraction of sp³-hybridized carbons (Fsp3) is 0.377. The lowest BCUT2D eigenvalue weighted by Gasteiger charge is -2.34. The van der Waals surface area contributed by atoms with Crippen LogP contribution >= 0.6 is 28.6 Å². The van der Waals surface area contributed by atoms with Crippen molar-refractivity contribution in [1.82, 2.24) is 0 Å². The molecule has 0 saturated carbocycles. The molecule has 0 unspecified atom stereocenters. The quantitative estimate of drug-likeness (QED) is 0.0275. The Morgan fingerprint density at radius 3 is 0.472 bits per heavy atom. The topological polar surface area (TPSA) is 105 Å². The summed E-state index contributed by atoms with van der Waals surface area (Å²) in [7, 11) is -11.0. The van der Waals surface area contributed by atoms with E-state index in [2.05, 4.69) is 97.1 Å². The van der Waals surface area contributed by atoms with E-state index in [-0.39, 0.29) is 52.9 Å². The van der Waals surface area contributed by atoms with Crippen LogP contribution in [0.2, 0.25) is 0 Å². The molecule has 12 heteroatoms. The molecule has 0 N–H and O–H groups in total. The molecule has 0 bridgehead atoms. The molecule has 0 fully saturated rings. The molecule has 0 radical (unpaired) electrons. The second-order valence-electron chi connectivity index (χ2n) is 24.5. The van der Waals surface area contributed by atoms with E-state index in [9.17, 15) is 0 Å². The van der Waals surface area contributed by atoms with Crippen molar-refractivity contribution in [1.29, 1.82) is 0 Å². The fourth-order valence-electron chi connectivity index (χ4n) is 11.5. The van der Waals surface area contributed by atoms with Gasteiger partial charge in [-0.05, 0) is 95.9 Å². The van der Waals surface area contributed by atoms with Crippen LogP contribution in [0.15, 0.2) is 243 Å². The monoisotopic (exact) mass is 1270 g/mol. The fourth-order valence-corrected chi connectivity index (χ4v) is 21.3. The van der Waals surface area contributed by atoms with Crippen LogP contribution in [0.3, 0.4) is 0 Å². The third-order valence-electron chi connectivity index (χ3n) is 17.4. The molecule has 8 nitrogen and oxygen atoms in total. The van der Waals surface area contributed by atoms with E-state index in [1.54, 1.807) is 0 Å². The molecule has 0 aromatic heterocycles. The average molecular weight is 1270 g/mol. The first-order valence-electron chi connectivity index (χ1n) is 32.4. The Kier molecular flexibility index (Phi) is 29.4. The van der Waals surface area contributed by atoms with Crippen LogP contribution in [0.5, 0.6) is 0 Å². The van der Waals surface area contributed by atoms with Crippen LogP contribution in [0.4, 0.5) is 0 Å². The van der Waals surface area contributed by atoms with Gasteiger partial charge in [-0.15, -0.1) is 0 Å². The van der Waals surface area contributed by atoms with Gasteiger partial charge in [-0.3, -0.25) is 0 Å². The van der Waals surface area contributed by atoms with E-state index >= 15 is 18.3 Å². The summed E-state index contributed by atoms with van der Waals surface area (Å²) in [6, 6.07) is 82.4. The molecule has 8 aromatic rings. The average Bonchev–Trinajstić information content (AvgIpc) is 3.77. The van der Waals surface area contributed by atoms with E-state index in [0.717, 1.165) is 44.5 Å². The lowest BCUT2D eigenvalue weighted by Crippen LogP contribution is -2.42. The zero-order chi connectivity index (χ0) is 62.0. The lowest BCUT2D eigenvalue weighted by molar-refractivity contribution is -0.100. The van der Waals surface area contributed by atoms with Gasteiger partial charge in [0.2, 0.25) is 0 Å². The van der Waals surface area contributed by atoms with E-state index in [1.807, 2.05) is 146 Å². The van der Waals surface area contributed by atoms with Gasteiger partial charge in [0.05, 0.1) is 86.8 Å². The molecule has 472 valence electrons. The molecular formula is C77H96O8P4. The third-order valence-corrected chi connectivity index (χ3v) is 29.7. The molecule has 8 rings (SSSR count). The molecule has 0 heterocycles. The van der Waals surface area contributed by atoms with Crippen molar-refractivity contribution in [3.05, 3.63) is 287 Å². The van der Waals surface area contributed by atoms with Crippen molar-refractivity contribution >= 4 is 28.6 Å². The number of benzene rings is 8. The van der Waals surface area contributed by atoms with E-state index < -0.39 is 34.0 Å². The Bertz CT molecular complexity index is 2730. The van der Waals surface area contributed by atoms with Crippen LogP contribution < -0.4 is 0 Å². The molecule has 0 aliphatic rings. The second kappa shape index (κ2) is 37.8. The number of aryl methyl sites for hydroxylation is 8. The molecule has 0 atom stereocenters. The minimum absolute atomic E-state index is 0.170. The summed E-state index contributed by atoms with van der Waals surface area (Å²) in [6.45, 7) is 1.73. The highest BCUT2D eigenvalue weighted by atomic mass is 31.2. The van der Waals surface area contributed by atoms with Gasteiger partial charge >= 0.3 is 0 Å². The Morgan fingerprint density at radius 2 is 0.337 bits per heavy atom. The first kappa shape index (κ1) is 69.4. The number of rotatable bonds is 44. The van der Waals surface area contributed by atoms with Crippen molar-refractivity contribution in [2.24, 2.45) is 5.41 Å². The van der Waals surface area contributed by atoms with E-state index in [0.29, 0.717) is 125 Å². The van der Waals surface area contributed by atoms with Crippen molar-refractivity contribution in [2.75, 3.05) is 127 Å². The third kappa shape index (κ3) is 26.3. The summed E-state index contributed by atoms with van der Waals surface area (Å²) in [4.78, 5) is 0. The first-order valence-corrected chi connectivity index (χ1v) is 41.4. The smallest absolute Gasteiger partial charge is 0.0906 e. The highest BCUT2D eigenvalue weighted by molar-refractivity contribution is 7.64. The highest BCUT2D eigenvalue weighted by Crippen LogP contribution is 2.50. The van der Waals surface area contributed by atoms with Gasteiger partial charge in [0.15, 0.2) is 0 Å². The minimum atomic E-state index is -2.75. The van der Waals surface area contributed by atoms with Gasteiger partial charge in [-0.1, -0.05) is 243 Å². The standard InChI is InChI=1S/C77H96O8P4/c78-86(53-41-69-25-9-1-10-26-69,54-42-70-27-11-2-12-28-70)61-49-82-65-77(66-83-50-62-87(79,55-43-71-29-13-3-14-30-71)56-44-72-31-15-4-16-32-72,67-84-51-63-88(80,57-45-73-33-17-5-18-34-73)58-46-74-35-19-6-20-36-74)68-85-52-64-89(81,59-47-75-37-21-7-22-38-75)60-48-76-39-23-8-24-40-76/h1-40H,41-68H2. The largest absolute Gasteiger partial charge is 0.380 e. The lowest BCUT2D eigenvalue weighted by atomic mass is 9.92. The predicted molar refractivity (Wildman–Crippen MR) is 376 cm³/mol. The Labute approximate surface area is 533 Å². The Morgan fingerprint density at radius 1 is 0.202 bits per heavy atom. The van der Waals surface area contributed by atoms with Crippen LogP contribution in [-0.2, 0) is 88.6 Å². The van der Waals surface area contributed by atoms with E-state index in [4.69, 9.17) is 18.9 Å². The van der Waals surface area contributed by atoms with Crippen molar-refractivity contribution in [3.63, 3.8) is 0 Å². The summed E-state index contributed by atoms with van der Waals surface area (Å²) in [5.41, 5.74) is 8.42. The maximum atomic E-state index is 15.2. The highest BCUT2D eigenvalue weighted by Gasteiger charge is 2.35. The summed E-state index contributed by atoms with van der Waals surface area (Å²) in [5.74, 6) is 0. The summed E-state index contributed by atoms with van der Waals surface area (Å²) in [5, 5.41) is 0. The number of ether oxygens (including phenoxy) is 4. The number of hydrogen-bond donors (Lipinski definition) is 0. The maximum absolute atomic E-state index is 15.2. The summed E-state index contributed by atoms with van der Waals surface area (Å²) in [6.07, 6.45) is 12.0. The first-order chi connectivity index (χ1) is 43.5. The van der Waals surface area contributed by atoms with Crippen molar-refractivity contribution in [2.45, 2.75) is 51.4 Å². The van der Waals surface area contributed by atoms with Gasteiger partial charge in [0, 0.05) is 73.9 Å². The molecule has 89 heavy (non-hydrogen) atoms. The van der Waals surface area contributed by atoms with Gasteiger partial charge in [-0.25, -0.2) is 0 Å². The molecule has 0 amide bonds. The van der Waals surface area contributed by atoms with Crippen LogP contribution in [-0.4, -0.2) is 127 Å². The molecule has 8 aromatic carbocycles. The summed E-state index contributed by atoms with van der Waals surface area (Å²) >= 11 is 0. The van der Waals surface area contributed by atoms with Gasteiger partial charge in [0.25, 0.3) is 0 Å². The van der Waals surface area contributed by atoms with Crippen molar-refractivity contribution in [3.8, 4) is 0 Å². The molecule has 0 aliphatic carbocycles. The van der Waals surface area contributed by atoms with Crippen molar-refractivity contribution < 1.29 is 37.2 Å². The molecule has 0 saturated heterocycles.